The molecule has 114 valence electrons. The second-order valence-corrected chi connectivity index (χ2v) is 5.91. The molecule has 0 saturated carbocycles. The van der Waals surface area contributed by atoms with Crippen molar-refractivity contribution in [2.75, 3.05) is 31.1 Å². The van der Waals surface area contributed by atoms with Gasteiger partial charge in [0, 0.05) is 31.9 Å². The number of para-hydroxylation sites is 1. The van der Waals surface area contributed by atoms with Gasteiger partial charge in [-0.2, -0.15) is 0 Å². The van der Waals surface area contributed by atoms with E-state index in [2.05, 4.69) is 34.5 Å². The molecule has 1 atom stereocenters. The van der Waals surface area contributed by atoms with Gasteiger partial charge in [0.05, 0.1) is 12.5 Å². The number of benzene rings is 1. The van der Waals surface area contributed by atoms with Crippen LogP contribution in [-0.2, 0) is 16.0 Å². The molecular weight excluding hydrogens is 264 g/mol. The highest BCUT2D eigenvalue weighted by molar-refractivity contribution is 5.76. The Labute approximate surface area is 126 Å². The minimum absolute atomic E-state index is 0.118. The summed E-state index contributed by atoms with van der Waals surface area (Å²) in [5, 5.41) is 3.03. The quantitative estimate of drug-likeness (QED) is 0.902. The molecule has 4 nitrogen and oxygen atoms in total. The number of fused-ring (bicyclic) bond motifs is 1. The number of aryl methyl sites for hydroxylation is 1. The summed E-state index contributed by atoms with van der Waals surface area (Å²) < 4.78 is 5.50. The Hall–Kier alpha value is -1.55. The fourth-order valence-electron chi connectivity index (χ4n) is 3.26. The number of hydrogen-bond acceptors (Lipinski definition) is 3. The van der Waals surface area contributed by atoms with Crippen LogP contribution >= 0.6 is 0 Å². The number of nitrogens with one attached hydrogen (secondary N) is 1. The molecule has 0 aromatic heterocycles. The molecular formula is C17H24N2O2. The second kappa shape index (κ2) is 6.94. The number of carbonyl (C=O) groups is 1. The van der Waals surface area contributed by atoms with E-state index in [1.807, 2.05) is 0 Å². The third-order valence-corrected chi connectivity index (χ3v) is 4.35. The maximum Gasteiger partial charge on any atom is 0.222 e. The average molecular weight is 288 g/mol. The Kier molecular flexibility index (Phi) is 4.76. The minimum atomic E-state index is 0.118. The van der Waals surface area contributed by atoms with Crippen molar-refractivity contribution in [2.45, 2.75) is 38.2 Å². The molecule has 1 aromatic rings. The first-order valence-corrected chi connectivity index (χ1v) is 8.04. The van der Waals surface area contributed by atoms with E-state index in [-0.39, 0.29) is 12.0 Å². The molecule has 1 saturated heterocycles. The van der Waals surface area contributed by atoms with Gasteiger partial charge >= 0.3 is 0 Å². The van der Waals surface area contributed by atoms with Gasteiger partial charge in [0.15, 0.2) is 0 Å². The molecule has 21 heavy (non-hydrogen) atoms. The number of amides is 1. The molecule has 2 heterocycles. The molecule has 0 spiro atoms. The molecule has 0 aliphatic carbocycles. The molecule has 2 aliphatic heterocycles. The summed E-state index contributed by atoms with van der Waals surface area (Å²) in [6, 6.07) is 8.58. The van der Waals surface area contributed by atoms with Crippen LogP contribution in [-0.4, -0.2) is 38.3 Å². The van der Waals surface area contributed by atoms with E-state index < -0.39 is 0 Å². The van der Waals surface area contributed by atoms with Gasteiger partial charge in [-0.3, -0.25) is 4.79 Å². The zero-order valence-corrected chi connectivity index (χ0v) is 12.5. The van der Waals surface area contributed by atoms with E-state index in [0.29, 0.717) is 13.0 Å². The van der Waals surface area contributed by atoms with Crippen LogP contribution in [0.1, 0.15) is 31.2 Å². The van der Waals surface area contributed by atoms with Crippen molar-refractivity contribution in [1.29, 1.82) is 0 Å². The summed E-state index contributed by atoms with van der Waals surface area (Å²) in [7, 11) is 0. The Morgan fingerprint density at radius 3 is 3.10 bits per heavy atom. The van der Waals surface area contributed by atoms with E-state index in [1.54, 1.807) is 0 Å². The lowest BCUT2D eigenvalue weighted by molar-refractivity contribution is -0.123. The number of ether oxygens (including phenoxy) is 1. The van der Waals surface area contributed by atoms with Crippen LogP contribution in [0.25, 0.3) is 0 Å². The van der Waals surface area contributed by atoms with Gasteiger partial charge in [0.1, 0.15) is 0 Å². The van der Waals surface area contributed by atoms with Crippen molar-refractivity contribution in [3.05, 3.63) is 29.8 Å². The summed E-state index contributed by atoms with van der Waals surface area (Å²) >= 11 is 0. The van der Waals surface area contributed by atoms with Crippen molar-refractivity contribution in [3.63, 3.8) is 0 Å². The lowest BCUT2D eigenvalue weighted by atomic mass is 10.0. The summed E-state index contributed by atoms with van der Waals surface area (Å²) in [5.41, 5.74) is 2.76. The number of nitrogens with zero attached hydrogens (tertiary/aromatic N) is 1. The van der Waals surface area contributed by atoms with Crippen LogP contribution in [0.15, 0.2) is 24.3 Å². The van der Waals surface area contributed by atoms with E-state index in [9.17, 15) is 4.79 Å². The molecule has 1 N–H and O–H groups in total. The zero-order valence-electron chi connectivity index (χ0n) is 12.5. The Bertz CT molecular complexity index is 483. The molecule has 0 bridgehead atoms. The third-order valence-electron chi connectivity index (χ3n) is 4.35. The SMILES string of the molecule is O=C(CC1CCCO1)NCCN1CCCc2ccccc21. The van der Waals surface area contributed by atoms with Gasteiger partial charge < -0.3 is 15.0 Å². The van der Waals surface area contributed by atoms with Crippen molar-refractivity contribution in [1.82, 2.24) is 5.32 Å². The van der Waals surface area contributed by atoms with Gasteiger partial charge in [-0.15, -0.1) is 0 Å². The van der Waals surface area contributed by atoms with Crippen molar-refractivity contribution in [2.24, 2.45) is 0 Å². The number of hydrogen-bond donors (Lipinski definition) is 1. The number of rotatable bonds is 5. The minimum Gasteiger partial charge on any atom is -0.378 e. The lowest BCUT2D eigenvalue weighted by Crippen LogP contribution is -2.38. The monoisotopic (exact) mass is 288 g/mol. The van der Waals surface area contributed by atoms with E-state index in [4.69, 9.17) is 4.74 Å². The van der Waals surface area contributed by atoms with Crippen LogP contribution in [0.2, 0.25) is 0 Å². The standard InChI is InChI=1S/C17H24N2O2/c20-17(13-15-7-4-12-21-15)18-9-11-19-10-3-6-14-5-1-2-8-16(14)19/h1-2,5,8,15H,3-4,6-7,9-13H2,(H,18,20). The molecule has 1 unspecified atom stereocenters. The average Bonchev–Trinajstić information content (AvgIpc) is 3.00. The fraction of sp³-hybridized carbons (Fsp3) is 0.588. The van der Waals surface area contributed by atoms with Gasteiger partial charge in [-0.25, -0.2) is 0 Å². The molecule has 1 fully saturated rings. The molecule has 1 aromatic carbocycles. The normalized spacial score (nSPS) is 21.1. The van der Waals surface area contributed by atoms with Crippen LogP contribution in [0.5, 0.6) is 0 Å². The summed E-state index contributed by atoms with van der Waals surface area (Å²) in [6.45, 7) is 3.48. The predicted octanol–water partition coefficient (Wildman–Crippen LogP) is 2.12. The van der Waals surface area contributed by atoms with Crippen LogP contribution in [0.4, 0.5) is 5.69 Å². The topological polar surface area (TPSA) is 41.6 Å². The van der Waals surface area contributed by atoms with Crippen LogP contribution < -0.4 is 10.2 Å². The summed E-state index contributed by atoms with van der Waals surface area (Å²) in [6.07, 6.45) is 5.12. The lowest BCUT2D eigenvalue weighted by Gasteiger charge is -2.31. The van der Waals surface area contributed by atoms with E-state index in [1.165, 1.54) is 17.7 Å². The summed E-state index contributed by atoms with van der Waals surface area (Å²) in [4.78, 5) is 14.3. The predicted molar refractivity (Wildman–Crippen MR) is 83.6 cm³/mol. The van der Waals surface area contributed by atoms with Gasteiger partial charge in [0.2, 0.25) is 5.91 Å². The van der Waals surface area contributed by atoms with Crippen LogP contribution in [0, 0.1) is 0 Å². The molecule has 3 rings (SSSR count). The highest BCUT2D eigenvalue weighted by atomic mass is 16.5. The van der Waals surface area contributed by atoms with Gasteiger partial charge in [-0.1, -0.05) is 18.2 Å². The van der Waals surface area contributed by atoms with Crippen molar-refractivity contribution < 1.29 is 9.53 Å². The second-order valence-electron chi connectivity index (χ2n) is 5.91. The third kappa shape index (κ3) is 3.76. The Balaban J connectivity index is 1.44. The largest absolute Gasteiger partial charge is 0.378 e. The maximum atomic E-state index is 11.9. The molecule has 2 aliphatic rings. The van der Waals surface area contributed by atoms with E-state index >= 15 is 0 Å². The van der Waals surface area contributed by atoms with Crippen molar-refractivity contribution in [3.8, 4) is 0 Å². The van der Waals surface area contributed by atoms with Crippen molar-refractivity contribution >= 4 is 11.6 Å². The Morgan fingerprint density at radius 1 is 1.33 bits per heavy atom. The smallest absolute Gasteiger partial charge is 0.222 e. The zero-order chi connectivity index (χ0) is 14.5. The van der Waals surface area contributed by atoms with E-state index in [0.717, 1.165) is 39.0 Å². The first kappa shape index (κ1) is 14.4. The molecule has 4 heteroatoms. The maximum absolute atomic E-state index is 11.9. The molecule has 0 radical (unpaired) electrons. The van der Waals surface area contributed by atoms with Gasteiger partial charge in [-0.05, 0) is 37.3 Å². The summed E-state index contributed by atoms with van der Waals surface area (Å²) in [5.74, 6) is 0.118. The fourth-order valence-corrected chi connectivity index (χ4v) is 3.26. The molecule has 1 amide bonds. The van der Waals surface area contributed by atoms with Crippen LogP contribution in [0.3, 0.4) is 0 Å². The number of anilines is 1. The highest BCUT2D eigenvalue weighted by Gasteiger charge is 2.19. The number of carbonyl (C=O) groups excluding carboxylic acids is 1. The Morgan fingerprint density at radius 2 is 2.24 bits per heavy atom. The van der Waals surface area contributed by atoms with Gasteiger partial charge in [0.25, 0.3) is 0 Å². The highest BCUT2D eigenvalue weighted by Crippen LogP contribution is 2.26. The first-order chi connectivity index (χ1) is 10.3. The first-order valence-electron chi connectivity index (χ1n) is 8.04.